The van der Waals surface area contributed by atoms with Crippen molar-refractivity contribution in [3.05, 3.63) is 88.1 Å². The first-order chi connectivity index (χ1) is 13.2. The highest BCUT2D eigenvalue weighted by atomic mass is 32.1. The molecule has 0 aliphatic heterocycles. The molecule has 1 heterocycles. The van der Waals surface area contributed by atoms with E-state index in [1.807, 2.05) is 41.8 Å². The summed E-state index contributed by atoms with van der Waals surface area (Å²) in [6.45, 7) is 0.588. The normalized spacial score (nSPS) is 10.4. The van der Waals surface area contributed by atoms with Crippen LogP contribution in [-0.2, 0) is 6.42 Å². The molecule has 0 saturated heterocycles. The molecule has 0 atom stereocenters. The highest BCUT2D eigenvalue weighted by Crippen LogP contribution is 2.22. The third-order valence-electron chi connectivity index (χ3n) is 4.32. The standard InChI is InChI=1S/C22H22N2O2S/c1-24(22(26)20-14-8-16-27-20)19-13-6-5-12-18(19)21(25)23-15-7-11-17-9-3-2-4-10-17/h2-6,8-10,12-14,16H,7,11,15H2,1H3,(H,23,25). The van der Waals surface area contributed by atoms with Crippen LogP contribution in [0.15, 0.2) is 72.1 Å². The molecule has 5 heteroatoms. The molecule has 3 aromatic rings. The van der Waals surface area contributed by atoms with Gasteiger partial charge in [0.1, 0.15) is 0 Å². The topological polar surface area (TPSA) is 49.4 Å². The first-order valence-corrected chi connectivity index (χ1v) is 9.77. The number of anilines is 1. The SMILES string of the molecule is CN(C(=O)c1cccs1)c1ccccc1C(=O)NCCCc1ccccc1. The second kappa shape index (κ2) is 9.14. The van der Waals surface area contributed by atoms with Gasteiger partial charge in [-0.1, -0.05) is 48.5 Å². The molecular formula is C22H22N2O2S. The van der Waals surface area contributed by atoms with Gasteiger partial charge in [0.15, 0.2) is 0 Å². The highest BCUT2D eigenvalue weighted by molar-refractivity contribution is 7.12. The maximum Gasteiger partial charge on any atom is 0.268 e. The number of benzene rings is 2. The van der Waals surface area contributed by atoms with Crippen molar-refractivity contribution < 1.29 is 9.59 Å². The molecule has 4 nitrogen and oxygen atoms in total. The molecule has 0 radical (unpaired) electrons. The molecule has 0 aliphatic carbocycles. The fourth-order valence-electron chi connectivity index (χ4n) is 2.87. The van der Waals surface area contributed by atoms with Gasteiger partial charge in [0.05, 0.1) is 16.1 Å². The van der Waals surface area contributed by atoms with Crippen molar-refractivity contribution in [1.82, 2.24) is 5.32 Å². The number of aryl methyl sites for hydroxylation is 1. The van der Waals surface area contributed by atoms with Crippen LogP contribution >= 0.6 is 11.3 Å². The van der Waals surface area contributed by atoms with Gasteiger partial charge in [-0.3, -0.25) is 9.59 Å². The maximum atomic E-state index is 12.6. The molecule has 2 amide bonds. The minimum Gasteiger partial charge on any atom is -0.352 e. The predicted molar refractivity (Wildman–Crippen MR) is 111 cm³/mol. The highest BCUT2D eigenvalue weighted by Gasteiger charge is 2.19. The van der Waals surface area contributed by atoms with Gasteiger partial charge in [0.25, 0.3) is 11.8 Å². The lowest BCUT2D eigenvalue weighted by atomic mass is 10.1. The van der Waals surface area contributed by atoms with Crippen molar-refractivity contribution in [3.8, 4) is 0 Å². The summed E-state index contributed by atoms with van der Waals surface area (Å²) in [4.78, 5) is 27.4. The third kappa shape index (κ3) is 4.83. The van der Waals surface area contributed by atoms with Gasteiger partial charge in [0, 0.05) is 13.6 Å². The van der Waals surface area contributed by atoms with E-state index in [4.69, 9.17) is 0 Å². The number of carbonyl (C=O) groups is 2. The maximum absolute atomic E-state index is 12.6. The second-order valence-electron chi connectivity index (χ2n) is 6.20. The molecule has 0 unspecified atom stereocenters. The average Bonchev–Trinajstić information content (AvgIpc) is 3.25. The van der Waals surface area contributed by atoms with E-state index >= 15 is 0 Å². The number of thiophene rings is 1. The van der Waals surface area contributed by atoms with Crippen LogP contribution in [0, 0.1) is 0 Å². The summed E-state index contributed by atoms with van der Waals surface area (Å²) in [6, 6.07) is 21.0. The van der Waals surface area contributed by atoms with Gasteiger partial charge in [0.2, 0.25) is 0 Å². The number of carbonyl (C=O) groups excluding carboxylic acids is 2. The first kappa shape index (κ1) is 18.9. The molecule has 138 valence electrons. The molecule has 0 saturated carbocycles. The minimum absolute atomic E-state index is 0.116. The number of nitrogens with one attached hydrogen (secondary N) is 1. The minimum atomic E-state index is -0.163. The summed E-state index contributed by atoms with van der Waals surface area (Å²) < 4.78 is 0. The summed E-state index contributed by atoms with van der Waals surface area (Å²) in [5, 5.41) is 4.83. The van der Waals surface area contributed by atoms with E-state index in [1.54, 1.807) is 25.2 Å². The second-order valence-corrected chi connectivity index (χ2v) is 7.15. The van der Waals surface area contributed by atoms with E-state index in [1.165, 1.54) is 21.8 Å². The lowest BCUT2D eigenvalue weighted by Gasteiger charge is -2.20. The van der Waals surface area contributed by atoms with Crippen LogP contribution in [0.3, 0.4) is 0 Å². The Balaban J connectivity index is 1.62. The van der Waals surface area contributed by atoms with Crippen LogP contribution in [-0.4, -0.2) is 25.4 Å². The Morgan fingerprint density at radius 2 is 1.70 bits per heavy atom. The molecule has 1 aromatic heterocycles. The zero-order valence-electron chi connectivity index (χ0n) is 15.2. The fraction of sp³-hybridized carbons (Fsp3) is 0.182. The quantitative estimate of drug-likeness (QED) is 0.620. The van der Waals surface area contributed by atoms with Crippen molar-refractivity contribution >= 4 is 28.8 Å². The van der Waals surface area contributed by atoms with E-state index in [9.17, 15) is 9.59 Å². The number of rotatable bonds is 7. The molecule has 0 aliphatic rings. The molecule has 27 heavy (non-hydrogen) atoms. The zero-order chi connectivity index (χ0) is 19.1. The predicted octanol–water partition coefficient (Wildman–Crippen LogP) is 4.39. The molecule has 2 aromatic carbocycles. The third-order valence-corrected chi connectivity index (χ3v) is 5.18. The van der Waals surface area contributed by atoms with Gasteiger partial charge < -0.3 is 10.2 Å². The van der Waals surface area contributed by atoms with Crippen LogP contribution in [0.25, 0.3) is 0 Å². The average molecular weight is 378 g/mol. The van der Waals surface area contributed by atoms with E-state index < -0.39 is 0 Å². The van der Waals surface area contributed by atoms with Crippen LogP contribution in [0.5, 0.6) is 0 Å². The van der Waals surface area contributed by atoms with Gasteiger partial charge in [-0.2, -0.15) is 0 Å². The Kier molecular flexibility index (Phi) is 6.39. The van der Waals surface area contributed by atoms with Crippen molar-refractivity contribution in [2.45, 2.75) is 12.8 Å². The number of hydrogen-bond donors (Lipinski definition) is 1. The van der Waals surface area contributed by atoms with E-state index in [-0.39, 0.29) is 11.8 Å². The number of para-hydroxylation sites is 1. The first-order valence-electron chi connectivity index (χ1n) is 8.89. The summed E-state index contributed by atoms with van der Waals surface area (Å²) in [5.74, 6) is -0.279. The van der Waals surface area contributed by atoms with Gasteiger partial charge in [-0.25, -0.2) is 0 Å². The number of hydrogen-bond acceptors (Lipinski definition) is 3. The Labute approximate surface area is 163 Å². The summed E-state index contributed by atoms with van der Waals surface area (Å²) >= 11 is 1.39. The molecule has 0 bridgehead atoms. The number of amides is 2. The van der Waals surface area contributed by atoms with Crippen molar-refractivity contribution in [2.75, 3.05) is 18.5 Å². The summed E-state index contributed by atoms with van der Waals surface area (Å²) in [5.41, 5.74) is 2.37. The smallest absolute Gasteiger partial charge is 0.268 e. The molecule has 1 N–H and O–H groups in total. The molecule has 3 rings (SSSR count). The molecular weight excluding hydrogens is 356 g/mol. The van der Waals surface area contributed by atoms with E-state index in [0.717, 1.165) is 12.8 Å². The van der Waals surface area contributed by atoms with E-state index in [2.05, 4.69) is 17.4 Å². The Morgan fingerprint density at radius 1 is 0.963 bits per heavy atom. The van der Waals surface area contributed by atoms with Gasteiger partial charge in [-0.05, 0) is 42.0 Å². The molecule has 0 fully saturated rings. The zero-order valence-corrected chi connectivity index (χ0v) is 16.0. The van der Waals surface area contributed by atoms with Crippen LogP contribution in [0.2, 0.25) is 0 Å². The molecule has 0 spiro atoms. The van der Waals surface area contributed by atoms with Crippen molar-refractivity contribution in [2.24, 2.45) is 0 Å². The van der Waals surface area contributed by atoms with Crippen molar-refractivity contribution in [3.63, 3.8) is 0 Å². The van der Waals surface area contributed by atoms with E-state index in [0.29, 0.717) is 22.7 Å². The fourth-order valence-corrected chi connectivity index (χ4v) is 3.57. The lowest BCUT2D eigenvalue weighted by Crippen LogP contribution is -2.30. The monoisotopic (exact) mass is 378 g/mol. The lowest BCUT2D eigenvalue weighted by molar-refractivity contribution is 0.0953. The van der Waals surface area contributed by atoms with Gasteiger partial charge in [-0.15, -0.1) is 11.3 Å². The summed E-state index contributed by atoms with van der Waals surface area (Å²) in [6.07, 6.45) is 1.78. The van der Waals surface area contributed by atoms with Crippen LogP contribution in [0.1, 0.15) is 32.0 Å². The van der Waals surface area contributed by atoms with Crippen molar-refractivity contribution in [1.29, 1.82) is 0 Å². The largest absolute Gasteiger partial charge is 0.352 e. The summed E-state index contributed by atoms with van der Waals surface area (Å²) in [7, 11) is 1.70. The Morgan fingerprint density at radius 3 is 2.44 bits per heavy atom. The van der Waals surface area contributed by atoms with Gasteiger partial charge >= 0.3 is 0 Å². The Hall–Kier alpha value is -2.92. The van der Waals surface area contributed by atoms with Crippen LogP contribution < -0.4 is 10.2 Å². The Bertz CT molecular complexity index is 892. The van der Waals surface area contributed by atoms with Crippen LogP contribution in [0.4, 0.5) is 5.69 Å². The number of nitrogens with zero attached hydrogens (tertiary/aromatic N) is 1.